The zero-order valence-electron chi connectivity index (χ0n) is 80.0. The van der Waals surface area contributed by atoms with Gasteiger partial charge < -0.3 is 94.0 Å². The number of benzene rings is 3. The average Bonchev–Trinajstić information content (AvgIpc) is 0.810. The van der Waals surface area contributed by atoms with Crippen LogP contribution in [0.1, 0.15) is 256 Å². The molecular weight excluding hydrogens is 1780 g/mol. The first-order chi connectivity index (χ1) is 61.4. The number of aliphatic hydroxyl groups excluding tert-OH is 2. The van der Waals surface area contributed by atoms with E-state index in [1.807, 2.05) is 47.6 Å². The third-order valence-corrected chi connectivity index (χ3v) is 24.4. The van der Waals surface area contributed by atoms with Crippen LogP contribution in [0.4, 0.5) is 5.69 Å². The quantitative estimate of drug-likeness (QED) is 0.00287. The summed E-state index contributed by atoms with van der Waals surface area (Å²) in [6.45, 7) is 26.7. The van der Waals surface area contributed by atoms with Crippen LogP contribution in [-0.2, 0) is 65.6 Å². The molecule has 3 aromatic carbocycles. The van der Waals surface area contributed by atoms with Crippen LogP contribution in [0.2, 0.25) is 0 Å². The first kappa shape index (κ1) is 124. The minimum absolute atomic E-state index is 0. The Morgan fingerprint density at radius 1 is 0.534 bits per heavy atom. The predicted octanol–water partition coefficient (Wildman–Crippen LogP) is 18.0. The van der Waals surface area contributed by atoms with Gasteiger partial charge in [0.15, 0.2) is 46.0 Å². The number of allylic oxidation sites excluding steroid dienone is 10. The Hall–Kier alpha value is -8.80. The van der Waals surface area contributed by atoms with Gasteiger partial charge in [0.1, 0.15) is 47.8 Å². The zero-order chi connectivity index (χ0) is 100. The second-order valence-electron chi connectivity index (χ2n) is 34.7. The number of aliphatic hydroxyl groups is 2. The summed E-state index contributed by atoms with van der Waals surface area (Å²) in [7, 11) is 1.47. The molecule has 2 aliphatic carbocycles. The number of carboxylic acids is 4. The number of anilines is 1. The maximum Gasteiger partial charge on any atom is 1.00 e. The lowest BCUT2D eigenvalue weighted by atomic mass is 9.83. The van der Waals surface area contributed by atoms with E-state index in [1.165, 1.54) is 118 Å². The summed E-state index contributed by atoms with van der Waals surface area (Å²) in [5, 5.41) is 104. The minimum Gasteiger partial charge on any atom is -0.508 e. The number of nitrogens with one attached hydrogen (secondary N) is 1. The van der Waals surface area contributed by atoms with Gasteiger partial charge in [-0.3, -0.25) is 47.9 Å². The summed E-state index contributed by atoms with van der Waals surface area (Å²) >= 11 is 11.8. The van der Waals surface area contributed by atoms with E-state index in [0.717, 1.165) is 117 Å². The number of phenolic OH excluding ortho intramolecular Hbond substituents is 5. The lowest BCUT2D eigenvalue weighted by Crippen LogP contribution is -2.34. The van der Waals surface area contributed by atoms with Crippen LogP contribution < -0.4 is 33.0 Å². The summed E-state index contributed by atoms with van der Waals surface area (Å²) in [4.78, 5) is 123. The van der Waals surface area contributed by atoms with Crippen molar-refractivity contribution in [2.45, 2.75) is 296 Å². The van der Waals surface area contributed by atoms with E-state index in [0.29, 0.717) is 62.7 Å². The van der Waals surface area contributed by atoms with E-state index in [4.69, 9.17) is 48.1 Å². The second-order valence-corrected chi connectivity index (χ2v) is 39.3. The molecule has 33 heteroatoms. The fourth-order valence-corrected chi connectivity index (χ4v) is 15.2. The predicted molar refractivity (Wildman–Crippen MR) is 537 cm³/mol. The van der Waals surface area contributed by atoms with Gasteiger partial charge in [-0.05, 0) is 155 Å². The monoisotopic (exact) mass is 1930 g/mol. The lowest BCUT2D eigenvalue weighted by molar-refractivity contribution is -0.138. The molecule has 0 aliphatic heterocycles. The minimum atomic E-state index is -1.10. The zero-order valence-corrected chi connectivity index (χ0v) is 83.3. The van der Waals surface area contributed by atoms with E-state index in [9.17, 15) is 88.5 Å². The molecule has 0 amide bonds. The van der Waals surface area contributed by atoms with Gasteiger partial charge in [0.25, 0.3) is 0 Å². The molecule has 5 rings (SSSR count). The number of thiol groups is 2. The molecule has 0 aromatic heterocycles. The van der Waals surface area contributed by atoms with Crippen LogP contribution in [0, 0.1) is 16.2 Å². The van der Waals surface area contributed by atoms with Crippen molar-refractivity contribution < 1.29 is 115 Å². The number of ether oxygens (including phenoxy) is 1. The third kappa shape index (κ3) is 59.4. The number of aryl methyl sites for hydroxylation is 2. The van der Waals surface area contributed by atoms with Crippen LogP contribution in [0.25, 0.3) is 6.08 Å². The van der Waals surface area contributed by atoms with Gasteiger partial charge in [0, 0.05) is 71.4 Å². The van der Waals surface area contributed by atoms with E-state index in [1.54, 1.807) is 54.6 Å². The largest absolute Gasteiger partial charge is 1.00 e. The average molecular weight is 1930 g/mol. The third-order valence-electron chi connectivity index (χ3n) is 19.6. The number of rotatable bonds is 51. The molecule has 3 aromatic rings. The molecular formula is C98H152N5O23S5+. The normalized spacial score (nSPS) is 14.8. The summed E-state index contributed by atoms with van der Waals surface area (Å²) in [6.07, 6.45) is 40.3. The molecule has 0 saturated carbocycles. The second kappa shape index (κ2) is 69.1. The summed E-state index contributed by atoms with van der Waals surface area (Å²) in [5.74, 6) is -4.17. The van der Waals surface area contributed by atoms with Crippen LogP contribution in [-0.4, -0.2) is 203 Å². The molecule has 0 radical (unpaired) electrons. The molecule has 736 valence electrons. The molecule has 0 saturated heterocycles. The van der Waals surface area contributed by atoms with Crippen molar-refractivity contribution in [3.63, 3.8) is 0 Å². The van der Waals surface area contributed by atoms with Gasteiger partial charge in [-0.15, -0.1) is 11.8 Å². The number of ketones is 6. The highest BCUT2D eigenvalue weighted by atomic mass is 32.2. The number of Topliss-reactive ketones (excluding diaryl/α,β-unsaturated/α-hetero) is 3. The summed E-state index contributed by atoms with van der Waals surface area (Å²) < 4.78 is 5.05. The maximum absolute atomic E-state index is 12.3. The molecule has 2 aliphatic rings. The number of thioether (sulfide) groups is 3. The van der Waals surface area contributed by atoms with Gasteiger partial charge in [0.05, 0.1) is 24.1 Å². The van der Waals surface area contributed by atoms with Crippen LogP contribution in [0.15, 0.2) is 126 Å². The van der Waals surface area contributed by atoms with Crippen molar-refractivity contribution >= 4 is 137 Å². The summed E-state index contributed by atoms with van der Waals surface area (Å²) in [6, 6.07) is 8.51. The van der Waals surface area contributed by atoms with Crippen molar-refractivity contribution in [1.82, 2.24) is 0 Å². The van der Waals surface area contributed by atoms with Crippen LogP contribution >= 0.6 is 60.5 Å². The Labute approximate surface area is 801 Å². The van der Waals surface area contributed by atoms with E-state index in [-0.39, 0.29) is 114 Å². The smallest absolute Gasteiger partial charge is 0.508 e. The number of hydrogen-bond donors (Lipinski definition) is 18. The number of aliphatic carboxylic acids is 4. The molecule has 0 spiro atoms. The number of phenols is 5. The van der Waals surface area contributed by atoms with E-state index in [2.05, 4.69) is 79.0 Å². The molecule has 5 unspecified atom stereocenters. The fraction of sp³-hybridized carbons (Fsp3) is 0.561. The molecule has 0 bridgehead atoms. The van der Waals surface area contributed by atoms with Gasteiger partial charge >= 0.3 is 25.3 Å². The summed E-state index contributed by atoms with van der Waals surface area (Å²) in [5.41, 5.74) is 25.6. The standard InChI is InChI=1S/C20H29NO5S.C19H29NO4S.C17H31NO3S.C16H24O3.C13H19NO4S.C10H12O2.C3H7NO2S/c1-3-4-5-6-16(27-13-17(21)20(24)25)12-15(22)9-7-14-8-10-18(23)19(11-14)26-2;1-2-3-4-5-6-7-16(22)9-8-14-10-17(19(24)18(23)11-14)20-15(12-21)13-25;1-5-6-7-8-14(22-12-15(18)16(20)21)11-13(19)9-10-17(2,3)4;1-2-3-4-5-6-7-14(17)10-8-13-9-11-15(18)16(19)12-13;1-13(2,3)7-4-9(15)11(16)10(5-7)19-6-8(14)12(17)18;1-10(2,3)7-4-5-8(11)9(12)6-7;4-2(1-7)3(5)6/h7-11,16-17,23H,3-6,12-13,21H2,1-2H3,(H,24,25);10-12,15,20,23-25H,2-9,13H2,1H3;9-11,14-15,19H,5-8,12,18H2,1-4H3,(H,20,21);9,11-12,18-19H,2-8,10H2,1H3;4-5,8,10,15H,6,14H2,1-3H3,(H,17,18);4-6H,1-3H3;2,7H,1,4H2,(H,5,6)/p+1/b9-7+;;10-9+,13-11-;;;;/t16?,17-;15-;14?,15-;;;;/m111..../s1. The first-order valence-electron chi connectivity index (χ1n) is 44.5. The number of carbonyl (C=O) groups is 11. The molecule has 28 nitrogen and oxygen atoms in total. The number of carbonyl (C=O) groups excluding carboxylic acids is 7. The number of aromatic hydroxyl groups is 5. The molecule has 8 atom stereocenters. The number of nitrogens with two attached hydrogens (primary N) is 4. The Balaban J connectivity index is -0.00000150. The molecule has 0 fully saturated rings. The molecule has 20 N–H and O–H groups in total. The Bertz CT molecular complexity index is 4240. The number of hydrogen-bond acceptors (Lipinski definition) is 29. The maximum atomic E-state index is 12.3. The van der Waals surface area contributed by atoms with E-state index < -0.39 is 76.7 Å². The van der Waals surface area contributed by atoms with Crippen molar-refractivity contribution in [3.8, 4) is 34.5 Å². The van der Waals surface area contributed by atoms with Crippen LogP contribution in [0.3, 0.4) is 0 Å². The number of methoxy groups -OCH3 is 1. The lowest BCUT2D eigenvalue weighted by Gasteiger charge is -2.26. The Kier molecular flexibility index (Phi) is 65.5. The number of carboxylic acid groups (broad SMARTS) is 4. The highest BCUT2D eigenvalue weighted by Gasteiger charge is 2.31. The van der Waals surface area contributed by atoms with Crippen molar-refractivity contribution in [3.05, 3.63) is 143 Å². The first-order valence-corrected chi connectivity index (χ1v) is 48.9. The number of aldehydes is 1. The van der Waals surface area contributed by atoms with Crippen molar-refractivity contribution in [1.29, 1.82) is 0 Å². The topological polar surface area (TPSA) is 536 Å². The fourth-order valence-electron chi connectivity index (χ4n) is 11.4. The molecule has 0 heterocycles. The molecule has 131 heavy (non-hydrogen) atoms. The Morgan fingerprint density at radius 3 is 1.50 bits per heavy atom. The number of unbranched alkanes of at least 4 members (excludes halogenated alkanes) is 12. The van der Waals surface area contributed by atoms with E-state index >= 15 is 0 Å². The highest BCUT2D eigenvalue weighted by molar-refractivity contribution is 8.01. The van der Waals surface area contributed by atoms with Gasteiger partial charge in [-0.1, -0.05) is 216 Å². The van der Waals surface area contributed by atoms with Gasteiger partial charge in [-0.25, -0.2) is 0 Å². The van der Waals surface area contributed by atoms with Gasteiger partial charge in [0.2, 0.25) is 17.3 Å². The Morgan fingerprint density at radius 2 is 1.03 bits per heavy atom. The van der Waals surface area contributed by atoms with Crippen molar-refractivity contribution in [2.75, 3.05) is 41.2 Å². The SMILES string of the molecule is CC(C)(C)C1=CC(=O)C(=O)C=C1.CC(C)(C)C1=CC(SCC(N)C(=O)O)C(=O)C(O)=C1.CCCCCC(/C=C(O)/C=C/C(C)(C)C)SC[C@@H](N)C(=O)O.CCCCCC(CC(=O)/C=C/c1ccc(O)c(OC)c1)SC[C@@H](N)C(=O)O.CCCCCCCC(=O)CCc1cc(O)c(O)c(N[C@H](C=O)CS)c1.CCCCCCCC(=O)CCc1ccc(O)c(O)c1.NC(CS)C(=O)O.[H+]. The highest BCUT2D eigenvalue weighted by Crippen LogP contribution is 2.38. The van der Waals surface area contributed by atoms with Crippen LogP contribution in [0.5, 0.6) is 34.5 Å². The van der Waals surface area contributed by atoms with Gasteiger partial charge in [-0.2, -0.15) is 48.8 Å². The van der Waals surface area contributed by atoms with Crippen molar-refractivity contribution in [2.24, 2.45) is 39.2 Å².